The first kappa shape index (κ1) is 8.25. The molecule has 0 radical (unpaired) electrons. The van der Waals surface area contributed by atoms with E-state index in [1.807, 2.05) is 20.2 Å². The molecule has 2 nitrogen and oxygen atoms in total. The Morgan fingerprint density at radius 3 is 2.33 bits per heavy atom. The van der Waals surface area contributed by atoms with Crippen LogP contribution in [0.4, 0.5) is 0 Å². The maximum Gasteiger partial charge on any atom is 0.0251 e. The third-order valence-electron chi connectivity index (χ3n) is 0.666. The van der Waals surface area contributed by atoms with E-state index < -0.39 is 0 Å². The molecular formula is C7H14N2. The van der Waals surface area contributed by atoms with Crippen molar-refractivity contribution >= 4 is 5.87 Å². The van der Waals surface area contributed by atoms with Crippen LogP contribution in [-0.2, 0) is 0 Å². The molecule has 0 saturated heterocycles. The van der Waals surface area contributed by atoms with Crippen LogP contribution in [0.5, 0.6) is 0 Å². The van der Waals surface area contributed by atoms with Gasteiger partial charge in [-0.05, 0) is 12.0 Å². The molecule has 0 N–H and O–H groups in total. The molecule has 0 aliphatic heterocycles. The first-order chi connectivity index (χ1) is 4.13. The molecule has 0 aromatic heterocycles. The SMILES string of the molecule is CC(C)C=C=NN(C)C. The van der Waals surface area contributed by atoms with E-state index in [0.717, 1.165) is 0 Å². The number of hydrogen-bond donors (Lipinski definition) is 0. The van der Waals surface area contributed by atoms with E-state index >= 15 is 0 Å². The predicted molar refractivity (Wildman–Crippen MR) is 40.5 cm³/mol. The van der Waals surface area contributed by atoms with Crippen LogP contribution in [0.3, 0.4) is 0 Å². The van der Waals surface area contributed by atoms with Gasteiger partial charge < -0.3 is 0 Å². The van der Waals surface area contributed by atoms with Crippen molar-refractivity contribution in [3.63, 3.8) is 0 Å². The Kier molecular flexibility index (Phi) is 3.81. The lowest BCUT2D eigenvalue weighted by molar-refractivity contribution is 0.441. The van der Waals surface area contributed by atoms with Crippen molar-refractivity contribution in [2.24, 2.45) is 11.0 Å². The second kappa shape index (κ2) is 4.16. The fraction of sp³-hybridized carbons (Fsp3) is 0.714. The standard InChI is InChI=1S/C7H14N2/c1-7(2)5-6-8-9(3)4/h5,7H,1-4H3. The number of nitrogens with zero attached hydrogens (tertiary/aromatic N) is 2. The molecule has 0 heterocycles. The molecule has 0 aromatic carbocycles. The first-order valence-corrected chi connectivity index (χ1v) is 3.09. The van der Waals surface area contributed by atoms with Gasteiger partial charge in [-0.3, -0.25) is 5.01 Å². The van der Waals surface area contributed by atoms with Crippen LogP contribution < -0.4 is 0 Å². The average molecular weight is 126 g/mol. The van der Waals surface area contributed by atoms with Crippen molar-refractivity contribution in [3.05, 3.63) is 6.08 Å². The largest absolute Gasteiger partial charge is 0.295 e. The molecule has 9 heavy (non-hydrogen) atoms. The van der Waals surface area contributed by atoms with E-state index in [1.165, 1.54) is 0 Å². The van der Waals surface area contributed by atoms with Gasteiger partial charge in [0.15, 0.2) is 0 Å². The molecule has 0 saturated carbocycles. The quantitative estimate of drug-likeness (QED) is 0.403. The van der Waals surface area contributed by atoms with Crippen LogP contribution in [0.15, 0.2) is 11.2 Å². The number of hydrazone groups is 1. The molecule has 52 valence electrons. The van der Waals surface area contributed by atoms with Gasteiger partial charge in [0.05, 0.1) is 0 Å². The molecule has 0 aliphatic carbocycles. The maximum absolute atomic E-state index is 3.89. The van der Waals surface area contributed by atoms with Crippen LogP contribution in [0.25, 0.3) is 0 Å². The Balaban J connectivity index is 3.67. The topological polar surface area (TPSA) is 15.6 Å². The first-order valence-electron chi connectivity index (χ1n) is 3.09. The molecule has 0 spiro atoms. The van der Waals surface area contributed by atoms with Crippen molar-refractivity contribution in [2.75, 3.05) is 14.1 Å². The van der Waals surface area contributed by atoms with E-state index in [2.05, 4.69) is 24.8 Å². The van der Waals surface area contributed by atoms with Crippen molar-refractivity contribution in [1.29, 1.82) is 0 Å². The van der Waals surface area contributed by atoms with E-state index in [4.69, 9.17) is 0 Å². The third kappa shape index (κ3) is 7.25. The van der Waals surface area contributed by atoms with Gasteiger partial charge in [-0.25, -0.2) is 0 Å². The minimum absolute atomic E-state index is 0.536. The Morgan fingerprint density at radius 1 is 1.44 bits per heavy atom. The molecule has 0 aliphatic rings. The third-order valence-corrected chi connectivity index (χ3v) is 0.666. The van der Waals surface area contributed by atoms with Crippen molar-refractivity contribution < 1.29 is 0 Å². The molecular weight excluding hydrogens is 112 g/mol. The summed E-state index contributed by atoms with van der Waals surface area (Å²) in [6, 6.07) is 0. The lowest BCUT2D eigenvalue weighted by Crippen LogP contribution is -1.99. The second-order valence-electron chi connectivity index (χ2n) is 2.49. The zero-order valence-electron chi connectivity index (χ0n) is 6.55. The smallest absolute Gasteiger partial charge is 0.0251 e. The minimum Gasteiger partial charge on any atom is -0.295 e. The molecule has 0 aromatic rings. The minimum atomic E-state index is 0.536. The Morgan fingerprint density at radius 2 is 2.00 bits per heavy atom. The van der Waals surface area contributed by atoms with Gasteiger partial charge in [0.2, 0.25) is 0 Å². The highest BCUT2D eigenvalue weighted by Crippen LogP contribution is 1.88. The summed E-state index contributed by atoms with van der Waals surface area (Å²) in [5, 5.41) is 5.61. The maximum atomic E-state index is 3.89. The number of allylic oxidation sites excluding steroid dienone is 1. The summed E-state index contributed by atoms with van der Waals surface area (Å²) >= 11 is 0. The number of hydrogen-bond acceptors (Lipinski definition) is 2. The van der Waals surface area contributed by atoms with E-state index in [1.54, 1.807) is 5.01 Å². The second-order valence-corrected chi connectivity index (χ2v) is 2.49. The Labute approximate surface area is 56.9 Å². The zero-order valence-corrected chi connectivity index (χ0v) is 6.55. The number of rotatable bonds is 2. The van der Waals surface area contributed by atoms with Crippen LogP contribution in [0.2, 0.25) is 0 Å². The molecule has 0 unspecified atom stereocenters. The molecule has 0 atom stereocenters. The molecule has 0 rings (SSSR count). The van der Waals surface area contributed by atoms with Crippen molar-refractivity contribution in [1.82, 2.24) is 5.01 Å². The van der Waals surface area contributed by atoms with Crippen LogP contribution in [0, 0.1) is 5.92 Å². The fourth-order valence-electron chi connectivity index (χ4n) is 0.298. The van der Waals surface area contributed by atoms with E-state index in [-0.39, 0.29) is 0 Å². The summed E-state index contributed by atoms with van der Waals surface area (Å²) in [7, 11) is 3.75. The van der Waals surface area contributed by atoms with Gasteiger partial charge in [0.1, 0.15) is 0 Å². The summed E-state index contributed by atoms with van der Waals surface area (Å²) in [6.07, 6.45) is 1.93. The molecule has 2 heteroatoms. The Hall–Kier alpha value is -0.750. The van der Waals surface area contributed by atoms with Gasteiger partial charge in [-0.15, -0.1) is 5.10 Å². The fourth-order valence-corrected chi connectivity index (χ4v) is 0.298. The van der Waals surface area contributed by atoms with Gasteiger partial charge in [-0.1, -0.05) is 13.8 Å². The summed E-state index contributed by atoms with van der Waals surface area (Å²) in [5.74, 6) is 3.35. The van der Waals surface area contributed by atoms with Crippen molar-refractivity contribution in [3.8, 4) is 0 Å². The highest BCUT2D eigenvalue weighted by atomic mass is 15.4. The van der Waals surface area contributed by atoms with E-state index in [9.17, 15) is 0 Å². The zero-order chi connectivity index (χ0) is 7.28. The highest BCUT2D eigenvalue weighted by molar-refractivity contribution is 5.51. The summed E-state index contributed by atoms with van der Waals surface area (Å²) in [5.41, 5.74) is 0. The summed E-state index contributed by atoms with van der Waals surface area (Å²) < 4.78 is 0. The van der Waals surface area contributed by atoms with Gasteiger partial charge in [0.25, 0.3) is 0 Å². The summed E-state index contributed by atoms with van der Waals surface area (Å²) in [4.78, 5) is 0. The monoisotopic (exact) mass is 126 g/mol. The highest BCUT2D eigenvalue weighted by Gasteiger charge is 1.79. The van der Waals surface area contributed by atoms with Gasteiger partial charge in [-0.2, -0.15) is 0 Å². The van der Waals surface area contributed by atoms with Crippen LogP contribution >= 0.6 is 0 Å². The van der Waals surface area contributed by atoms with Gasteiger partial charge in [0, 0.05) is 20.0 Å². The van der Waals surface area contributed by atoms with Gasteiger partial charge >= 0.3 is 0 Å². The van der Waals surface area contributed by atoms with Crippen LogP contribution in [-0.4, -0.2) is 25.0 Å². The molecule has 0 bridgehead atoms. The van der Waals surface area contributed by atoms with Crippen molar-refractivity contribution in [2.45, 2.75) is 13.8 Å². The Bertz CT molecular complexity index is 107. The lowest BCUT2D eigenvalue weighted by atomic mass is 10.2. The van der Waals surface area contributed by atoms with Crippen LogP contribution in [0.1, 0.15) is 13.8 Å². The lowest BCUT2D eigenvalue weighted by Gasteiger charge is -1.97. The predicted octanol–water partition coefficient (Wildman–Crippen LogP) is 1.34. The normalized spacial score (nSPS) is 8.56. The summed E-state index contributed by atoms with van der Waals surface area (Å²) in [6.45, 7) is 4.19. The molecule has 0 fully saturated rings. The molecule has 0 amide bonds. The van der Waals surface area contributed by atoms with E-state index in [0.29, 0.717) is 5.92 Å². The average Bonchev–Trinajstić information content (AvgIpc) is 1.63.